The van der Waals surface area contributed by atoms with E-state index in [4.69, 9.17) is 11.1 Å². The lowest BCUT2D eigenvalue weighted by Crippen LogP contribution is -2.20. The summed E-state index contributed by atoms with van der Waals surface area (Å²) in [6.07, 6.45) is 1.63. The highest BCUT2D eigenvalue weighted by atomic mass is 32.1. The van der Waals surface area contributed by atoms with Gasteiger partial charge >= 0.3 is 0 Å². The summed E-state index contributed by atoms with van der Waals surface area (Å²) in [7, 11) is 2.01. The van der Waals surface area contributed by atoms with Crippen LogP contribution < -0.4 is 21.1 Å². The van der Waals surface area contributed by atoms with Gasteiger partial charge in [0.15, 0.2) is 18.9 Å². The molecule has 0 aliphatic carbocycles. The third kappa shape index (κ3) is 4.59. The molecule has 1 heterocycles. The van der Waals surface area contributed by atoms with Crippen molar-refractivity contribution in [2.75, 3.05) is 10.6 Å². The van der Waals surface area contributed by atoms with Crippen LogP contribution in [0.15, 0.2) is 24.3 Å². The van der Waals surface area contributed by atoms with Gasteiger partial charge in [-0.2, -0.15) is 0 Å². The second-order valence-electron chi connectivity index (χ2n) is 4.94. The number of nitrogens with zero attached hydrogens (tertiary/aromatic N) is 1. The Bertz CT molecular complexity index is 700. The van der Waals surface area contributed by atoms with Crippen molar-refractivity contribution in [1.82, 2.24) is 4.98 Å². The number of rotatable bonds is 5. The number of carbonyl (C=O) groups is 1. The average Bonchev–Trinajstić information content (AvgIpc) is 2.75. The number of aryl methyl sites for hydroxylation is 2. The highest BCUT2D eigenvalue weighted by molar-refractivity contribution is 7.23. The van der Waals surface area contributed by atoms with Crippen molar-refractivity contribution in [2.45, 2.75) is 19.8 Å². The number of hydrogen-bond acceptors (Lipinski definition) is 4. The number of nitrogens with one attached hydrogen (secondary N) is 3. The van der Waals surface area contributed by atoms with Gasteiger partial charge in [-0.1, -0.05) is 12.1 Å². The Balaban J connectivity index is 2.02. The van der Waals surface area contributed by atoms with Gasteiger partial charge in [-0.05, 0) is 35.3 Å². The zero-order valence-electron chi connectivity index (χ0n) is 12.6. The lowest BCUT2D eigenvalue weighted by molar-refractivity contribution is -0.114. The maximum absolute atomic E-state index is 11.1. The van der Waals surface area contributed by atoms with E-state index in [1.165, 1.54) is 18.3 Å². The Kier molecular flexibility index (Phi) is 5.16. The van der Waals surface area contributed by atoms with E-state index in [0.29, 0.717) is 5.13 Å². The van der Waals surface area contributed by atoms with Crippen molar-refractivity contribution in [1.29, 1.82) is 5.41 Å². The first-order chi connectivity index (χ1) is 10.4. The molecule has 0 saturated heterocycles. The molecule has 8 heteroatoms. The van der Waals surface area contributed by atoms with Crippen LogP contribution in [0.4, 0.5) is 10.8 Å². The second-order valence-corrected chi connectivity index (χ2v) is 6.15. The lowest BCUT2D eigenvalue weighted by atomic mass is 10.0. The molecule has 0 bridgehead atoms. The van der Waals surface area contributed by atoms with Crippen molar-refractivity contribution >= 4 is 46.6 Å². The van der Waals surface area contributed by atoms with Gasteiger partial charge in [0.05, 0.1) is 0 Å². The summed E-state index contributed by atoms with van der Waals surface area (Å²) in [6.45, 7) is 1.48. The average molecular weight is 315 g/mol. The van der Waals surface area contributed by atoms with Crippen LogP contribution in [0.2, 0.25) is 0 Å². The number of thiazole rings is 1. The van der Waals surface area contributed by atoms with E-state index in [1.54, 1.807) is 0 Å². The molecule has 0 aliphatic heterocycles. The van der Waals surface area contributed by atoms with Crippen LogP contribution >= 0.6 is 11.3 Å². The van der Waals surface area contributed by atoms with Crippen molar-refractivity contribution in [3.8, 4) is 0 Å². The van der Waals surface area contributed by atoms with E-state index in [0.717, 1.165) is 34.6 Å². The van der Waals surface area contributed by atoms with Crippen molar-refractivity contribution in [2.24, 2.45) is 5.73 Å². The van der Waals surface area contributed by atoms with Crippen molar-refractivity contribution in [3.05, 3.63) is 35.5 Å². The molecule has 1 aromatic carbocycles. The van der Waals surface area contributed by atoms with E-state index in [2.05, 4.69) is 15.6 Å². The highest BCUT2D eigenvalue weighted by Gasteiger charge is 2.08. The summed E-state index contributed by atoms with van der Waals surface area (Å²) < 4.78 is 1.11. The molecule has 0 saturated carbocycles. The third-order valence-corrected chi connectivity index (χ3v) is 3.96. The lowest BCUT2D eigenvalue weighted by Gasteiger charge is -2.06. The van der Waals surface area contributed by atoms with Gasteiger partial charge in [0.2, 0.25) is 5.91 Å². The summed E-state index contributed by atoms with van der Waals surface area (Å²) in [4.78, 5) is 15.5. The van der Waals surface area contributed by atoms with Crippen molar-refractivity contribution < 1.29 is 4.79 Å². The summed E-state index contributed by atoms with van der Waals surface area (Å²) >= 11 is 1.49. The zero-order valence-corrected chi connectivity index (χ0v) is 13.4. The normalized spacial score (nSPS) is 10.2. The molecule has 0 atom stereocenters. The van der Waals surface area contributed by atoms with Gasteiger partial charge in [-0.15, -0.1) is 11.3 Å². The number of anilines is 2. The SMILES string of the molecule is Bc1sc(NC(C)=O)nc1CCc1cccc(NC(=N)N)c1. The summed E-state index contributed by atoms with van der Waals surface area (Å²) in [5, 5.41) is 13.4. The Hall–Kier alpha value is -2.35. The maximum atomic E-state index is 11.1. The fourth-order valence-corrected chi connectivity index (χ4v) is 2.99. The number of aromatic nitrogens is 1. The molecule has 2 aromatic rings. The zero-order chi connectivity index (χ0) is 16.1. The topological polar surface area (TPSA) is 104 Å². The van der Waals surface area contributed by atoms with Crippen LogP contribution in [0, 0.1) is 5.41 Å². The number of hydrogen-bond donors (Lipinski definition) is 4. The first-order valence-electron chi connectivity index (χ1n) is 6.88. The number of nitrogens with two attached hydrogens (primary N) is 1. The number of amides is 1. The second kappa shape index (κ2) is 7.08. The number of guanidine groups is 1. The molecule has 1 amide bonds. The molecule has 2 rings (SSSR count). The molecule has 0 spiro atoms. The van der Waals surface area contributed by atoms with E-state index in [1.807, 2.05) is 32.1 Å². The summed E-state index contributed by atoms with van der Waals surface area (Å²) in [6, 6.07) is 7.80. The van der Waals surface area contributed by atoms with Gasteiger partial charge in [0, 0.05) is 18.3 Å². The van der Waals surface area contributed by atoms with Gasteiger partial charge in [0.1, 0.15) is 0 Å². The van der Waals surface area contributed by atoms with Crippen LogP contribution in [0.3, 0.4) is 0 Å². The van der Waals surface area contributed by atoms with E-state index < -0.39 is 0 Å². The Labute approximate surface area is 134 Å². The smallest absolute Gasteiger partial charge is 0.223 e. The molecule has 22 heavy (non-hydrogen) atoms. The van der Waals surface area contributed by atoms with Crippen LogP contribution in [-0.4, -0.2) is 24.7 Å². The van der Waals surface area contributed by atoms with Crippen LogP contribution in [0.1, 0.15) is 18.2 Å². The summed E-state index contributed by atoms with van der Waals surface area (Å²) in [5.41, 5.74) is 8.27. The van der Waals surface area contributed by atoms with E-state index in [9.17, 15) is 4.79 Å². The molecular weight excluding hydrogens is 297 g/mol. The molecule has 5 N–H and O–H groups in total. The predicted molar refractivity (Wildman–Crippen MR) is 94.0 cm³/mol. The molecular formula is C14H18BN5OS. The minimum absolute atomic E-state index is 0.0764. The Morgan fingerprint density at radius 3 is 2.86 bits per heavy atom. The minimum Gasteiger partial charge on any atom is -0.370 e. The quantitative estimate of drug-likeness (QED) is 0.365. The van der Waals surface area contributed by atoms with E-state index >= 15 is 0 Å². The molecule has 0 aliphatic rings. The fraction of sp³-hybridized carbons (Fsp3) is 0.214. The maximum Gasteiger partial charge on any atom is 0.223 e. The standard InChI is InChI=1S/C14H18BN5OS/c1-8(21)18-14-20-11(12(15)22-14)6-5-9-3-2-4-10(7-9)19-13(16)17/h2-4,7H,5-6,15H2,1H3,(H4,16,17,19)(H,18,20,21). The minimum atomic E-state index is -0.108. The van der Waals surface area contributed by atoms with Crippen LogP contribution in [0.25, 0.3) is 0 Å². The molecule has 6 nitrogen and oxygen atoms in total. The molecule has 0 radical (unpaired) electrons. The van der Waals surface area contributed by atoms with Crippen LogP contribution in [-0.2, 0) is 17.6 Å². The number of benzene rings is 1. The monoisotopic (exact) mass is 315 g/mol. The van der Waals surface area contributed by atoms with Gasteiger partial charge in [-0.25, -0.2) is 4.98 Å². The first-order valence-corrected chi connectivity index (χ1v) is 7.69. The highest BCUT2D eigenvalue weighted by Crippen LogP contribution is 2.16. The number of carbonyl (C=O) groups excluding carboxylic acids is 1. The van der Waals surface area contributed by atoms with E-state index in [-0.39, 0.29) is 11.9 Å². The largest absolute Gasteiger partial charge is 0.370 e. The van der Waals surface area contributed by atoms with Gasteiger partial charge in [0.25, 0.3) is 0 Å². The van der Waals surface area contributed by atoms with Crippen LogP contribution in [0.5, 0.6) is 0 Å². The molecule has 1 aromatic heterocycles. The van der Waals surface area contributed by atoms with Crippen molar-refractivity contribution in [3.63, 3.8) is 0 Å². The first kappa shape index (κ1) is 16.0. The third-order valence-electron chi connectivity index (χ3n) is 3.03. The van der Waals surface area contributed by atoms with Gasteiger partial charge in [-0.3, -0.25) is 10.2 Å². The predicted octanol–water partition coefficient (Wildman–Crippen LogP) is 0.450. The Morgan fingerprint density at radius 2 is 2.18 bits per heavy atom. The fourth-order valence-electron chi connectivity index (χ4n) is 2.09. The summed E-state index contributed by atoms with van der Waals surface area (Å²) in [5.74, 6) is -0.184. The Morgan fingerprint density at radius 1 is 1.41 bits per heavy atom. The molecule has 0 fully saturated rings. The molecule has 114 valence electrons. The molecule has 0 unspecified atom stereocenters. The van der Waals surface area contributed by atoms with Gasteiger partial charge < -0.3 is 16.4 Å².